The van der Waals surface area contributed by atoms with Crippen LogP contribution in [0.3, 0.4) is 0 Å². The summed E-state index contributed by atoms with van der Waals surface area (Å²) in [6.07, 6.45) is 4.77. The van der Waals surface area contributed by atoms with E-state index in [4.69, 9.17) is 16.1 Å². The van der Waals surface area contributed by atoms with E-state index in [-0.39, 0.29) is 5.91 Å². The zero-order chi connectivity index (χ0) is 17.2. The van der Waals surface area contributed by atoms with E-state index < -0.39 is 0 Å². The van der Waals surface area contributed by atoms with E-state index in [1.807, 2.05) is 12.1 Å². The van der Waals surface area contributed by atoms with Gasteiger partial charge in [0.2, 0.25) is 0 Å². The molecule has 0 unspecified atom stereocenters. The summed E-state index contributed by atoms with van der Waals surface area (Å²) in [5, 5.41) is 7.58. The minimum atomic E-state index is -0.325. The number of fused-ring (bicyclic) bond motifs is 1. The predicted octanol–water partition coefficient (Wildman–Crippen LogP) is 4.19. The summed E-state index contributed by atoms with van der Waals surface area (Å²) >= 11 is 6.10. The van der Waals surface area contributed by atoms with Gasteiger partial charge in [-0.25, -0.2) is 4.98 Å². The van der Waals surface area contributed by atoms with Gasteiger partial charge in [0.05, 0.1) is 16.8 Å². The number of carbonyl (C=O) groups excluding carboxylic acids is 1. The average Bonchev–Trinajstić information content (AvgIpc) is 3.14. The Labute approximate surface area is 147 Å². The summed E-state index contributed by atoms with van der Waals surface area (Å²) in [7, 11) is 0. The molecule has 3 aromatic heterocycles. The van der Waals surface area contributed by atoms with Gasteiger partial charge in [0, 0.05) is 34.4 Å². The number of rotatable bonds is 3. The van der Waals surface area contributed by atoms with Crippen LogP contribution in [0.1, 0.15) is 10.4 Å². The number of amides is 1. The third kappa shape index (κ3) is 3.07. The number of benzene rings is 1. The van der Waals surface area contributed by atoms with Crippen molar-refractivity contribution >= 4 is 34.2 Å². The van der Waals surface area contributed by atoms with Crippen LogP contribution in [0.25, 0.3) is 22.2 Å². The lowest BCUT2D eigenvalue weighted by molar-refractivity contribution is 0.102. The Morgan fingerprint density at radius 1 is 1.16 bits per heavy atom. The van der Waals surface area contributed by atoms with Crippen molar-refractivity contribution in [3.63, 3.8) is 0 Å². The Bertz CT molecular complexity index is 1050. The van der Waals surface area contributed by atoms with Gasteiger partial charge >= 0.3 is 0 Å². The van der Waals surface area contributed by atoms with Gasteiger partial charge in [0.25, 0.3) is 5.91 Å². The topological polar surface area (TPSA) is 80.9 Å². The maximum atomic E-state index is 12.7. The zero-order valence-corrected chi connectivity index (χ0v) is 13.6. The van der Waals surface area contributed by atoms with Crippen molar-refractivity contribution in [3.05, 3.63) is 71.7 Å². The first-order valence-electron chi connectivity index (χ1n) is 7.43. The molecular formula is C18H11ClN4O2. The van der Waals surface area contributed by atoms with Crippen LogP contribution in [0.4, 0.5) is 5.82 Å². The molecule has 0 radical (unpaired) electrons. The van der Waals surface area contributed by atoms with E-state index in [1.54, 1.807) is 42.7 Å². The molecule has 0 bridgehead atoms. The number of pyridine rings is 2. The molecule has 4 aromatic rings. The zero-order valence-electron chi connectivity index (χ0n) is 12.8. The van der Waals surface area contributed by atoms with Crippen molar-refractivity contribution in [1.82, 2.24) is 15.1 Å². The number of anilines is 1. The molecule has 0 aliphatic carbocycles. The first-order chi connectivity index (χ1) is 12.2. The molecular weight excluding hydrogens is 340 g/mol. The molecule has 0 atom stereocenters. The van der Waals surface area contributed by atoms with Crippen LogP contribution in [0.2, 0.25) is 5.02 Å². The number of aromatic nitrogens is 3. The maximum Gasteiger partial charge on any atom is 0.257 e. The molecule has 3 heterocycles. The fourth-order valence-corrected chi connectivity index (χ4v) is 2.68. The molecule has 0 spiro atoms. The largest absolute Gasteiger partial charge is 0.363 e. The summed E-state index contributed by atoms with van der Waals surface area (Å²) in [5.41, 5.74) is 2.56. The number of carbonyl (C=O) groups is 1. The maximum absolute atomic E-state index is 12.7. The third-order valence-electron chi connectivity index (χ3n) is 3.65. The first kappa shape index (κ1) is 15.3. The van der Waals surface area contributed by atoms with E-state index in [0.717, 1.165) is 5.56 Å². The van der Waals surface area contributed by atoms with Crippen LogP contribution in [-0.4, -0.2) is 21.0 Å². The molecule has 122 valence electrons. The molecule has 7 heteroatoms. The van der Waals surface area contributed by atoms with Crippen molar-refractivity contribution < 1.29 is 9.32 Å². The predicted molar refractivity (Wildman–Crippen MR) is 94.4 cm³/mol. The Morgan fingerprint density at radius 3 is 2.84 bits per heavy atom. The number of halogens is 1. The number of nitrogens with one attached hydrogen (secondary N) is 1. The standard InChI is InChI=1S/C18H11ClN4O2/c19-12-3-4-15-13(8-12)14(18(24)22-17-5-7-25-23-17)9-16(21-15)11-2-1-6-20-10-11/h1-10H,(H,22,23,24). The minimum Gasteiger partial charge on any atom is -0.363 e. The molecule has 25 heavy (non-hydrogen) atoms. The highest BCUT2D eigenvalue weighted by atomic mass is 35.5. The molecule has 4 rings (SSSR count). The van der Waals surface area contributed by atoms with Crippen molar-refractivity contribution in [3.8, 4) is 11.3 Å². The summed E-state index contributed by atoms with van der Waals surface area (Å²) < 4.78 is 4.74. The monoisotopic (exact) mass is 350 g/mol. The van der Waals surface area contributed by atoms with E-state index >= 15 is 0 Å². The van der Waals surface area contributed by atoms with Gasteiger partial charge in [-0.05, 0) is 36.4 Å². The first-order valence-corrected chi connectivity index (χ1v) is 7.81. The Balaban J connectivity index is 1.87. The third-order valence-corrected chi connectivity index (χ3v) is 3.89. The van der Waals surface area contributed by atoms with Crippen LogP contribution in [-0.2, 0) is 0 Å². The van der Waals surface area contributed by atoms with Gasteiger partial charge < -0.3 is 9.84 Å². The van der Waals surface area contributed by atoms with Crippen LogP contribution >= 0.6 is 11.6 Å². The van der Waals surface area contributed by atoms with Crippen LogP contribution in [0, 0.1) is 0 Å². The second-order valence-corrected chi connectivity index (χ2v) is 5.73. The van der Waals surface area contributed by atoms with Gasteiger partial charge in [-0.2, -0.15) is 0 Å². The van der Waals surface area contributed by atoms with Gasteiger partial charge in [-0.1, -0.05) is 16.8 Å². The summed E-state index contributed by atoms with van der Waals surface area (Å²) in [4.78, 5) is 21.5. The molecule has 6 nitrogen and oxygen atoms in total. The molecule has 1 amide bonds. The average molecular weight is 351 g/mol. The molecule has 1 aromatic carbocycles. The second-order valence-electron chi connectivity index (χ2n) is 5.30. The lowest BCUT2D eigenvalue weighted by Gasteiger charge is -2.10. The fraction of sp³-hybridized carbons (Fsp3) is 0. The van der Waals surface area contributed by atoms with Gasteiger partial charge in [0.1, 0.15) is 6.26 Å². The SMILES string of the molecule is O=C(Nc1ccon1)c1cc(-c2cccnc2)nc2ccc(Cl)cc12. The molecule has 0 fully saturated rings. The second kappa shape index (κ2) is 6.33. The van der Waals surface area contributed by atoms with E-state index in [2.05, 4.69) is 20.4 Å². The van der Waals surface area contributed by atoms with E-state index in [0.29, 0.717) is 33.0 Å². The fourth-order valence-electron chi connectivity index (χ4n) is 2.51. The highest BCUT2D eigenvalue weighted by Crippen LogP contribution is 2.27. The Morgan fingerprint density at radius 2 is 2.08 bits per heavy atom. The molecule has 0 saturated heterocycles. The van der Waals surface area contributed by atoms with Crippen molar-refractivity contribution in [2.75, 3.05) is 5.32 Å². The summed E-state index contributed by atoms with van der Waals surface area (Å²) in [6.45, 7) is 0. The van der Waals surface area contributed by atoms with E-state index in [1.165, 1.54) is 6.26 Å². The summed E-state index contributed by atoms with van der Waals surface area (Å²) in [6, 6.07) is 12.2. The van der Waals surface area contributed by atoms with Crippen LogP contribution in [0.15, 0.2) is 65.6 Å². The van der Waals surface area contributed by atoms with Gasteiger partial charge in [-0.3, -0.25) is 9.78 Å². The number of hydrogen-bond donors (Lipinski definition) is 1. The molecule has 0 aliphatic heterocycles. The van der Waals surface area contributed by atoms with Crippen LogP contribution in [0.5, 0.6) is 0 Å². The number of hydrogen-bond acceptors (Lipinski definition) is 5. The lowest BCUT2D eigenvalue weighted by atomic mass is 10.0. The van der Waals surface area contributed by atoms with Crippen LogP contribution < -0.4 is 5.32 Å². The normalized spacial score (nSPS) is 10.8. The minimum absolute atomic E-state index is 0.325. The lowest BCUT2D eigenvalue weighted by Crippen LogP contribution is -2.13. The van der Waals surface area contributed by atoms with Crippen molar-refractivity contribution in [2.24, 2.45) is 0 Å². The highest BCUT2D eigenvalue weighted by molar-refractivity contribution is 6.31. The van der Waals surface area contributed by atoms with Crippen molar-refractivity contribution in [2.45, 2.75) is 0 Å². The summed E-state index contributed by atoms with van der Waals surface area (Å²) in [5.74, 6) is 0.00799. The van der Waals surface area contributed by atoms with Crippen molar-refractivity contribution in [1.29, 1.82) is 0 Å². The van der Waals surface area contributed by atoms with Gasteiger partial charge in [-0.15, -0.1) is 0 Å². The molecule has 1 N–H and O–H groups in total. The smallest absolute Gasteiger partial charge is 0.257 e. The molecule has 0 aliphatic rings. The van der Waals surface area contributed by atoms with Gasteiger partial charge in [0.15, 0.2) is 5.82 Å². The highest BCUT2D eigenvalue weighted by Gasteiger charge is 2.15. The number of nitrogens with zero attached hydrogens (tertiary/aromatic N) is 3. The Kier molecular flexibility index (Phi) is 3.87. The molecule has 0 saturated carbocycles. The van der Waals surface area contributed by atoms with E-state index in [9.17, 15) is 4.79 Å². The quantitative estimate of drug-likeness (QED) is 0.599. The Hall–Kier alpha value is -3.25.